The summed E-state index contributed by atoms with van der Waals surface area (Å²) in [4.78, 5) is 2.36. The summed E-state index contributed by atoms with van der Waals surface area (Å²) in [5.41, 5.74) is 12.2. The molecule has 2 rings (SSSR count). The molecule has 1 unspecified atom stereocenters. The highest BCUT2D eigenvalue weighted by Crippen LogP contribution is 2.26. The molecule has 2 nitrogen and oxygen atoms in total. The molecule has 1 aromatic carbocycles. The number of benzene rings is 1. The van der Waals surface area contributed by atoms with E-state index in [0.29, 0.717) is 0 Å². The van der Waals surface area contributed by atoms with Gasteiger partial charge in [0.05, 0.1) is 0 Å². The maximum Gasteiger partial charge on any atom is 0.0324 e. The Morgan fingerprint density at radius 1 is 1.22 bits per heavy atom. The predicted octanol–water partition coefficient (Wildman–Crippen LogP) is 2.58. The SMILES string of the molecule is Cc1cc(C)c(CC2(N)CCCN(C)C2)c(C)c1. The quantitative estimate of drug-likeness (QED) is 0.869. The maximum atomic E-state index is 6.62. The van der Waals surface area contributed by atoms with E-state index in [-0.39, 0.29) is 5.54 Å². The van der Waals surface area contributed by atoms with Crippen molar-refractivity contribution in [3.63, 3.8) is 0 Å². The smallest absolute Gasteiger partial charge is 0.0324 e. The van der Waals surface area contributed by atoms with Crippen LogP contribution in [-0.4, -0.2) is 30.6 Å². The Hall–Kier alpha value is -0.860. The van der Waals surface area contributed by atoms with Crippen molar-refractivity contribution in [3.8, 4) is 0 Å². The average molecular weight is 246 g/mol. The molecular formula is C16H26N2. The Morgan fingerprint density at radius 3 is 2.39 bits per heavy atom. The van der Waals surface area contributed by atoms with Crippen LogP contribution in [0.2, 0.25) is 0 Å². The van der Waals surface area contributed by atoms with Crippen molar-refractivity contribution in [2.75, 3.05) is 20.1 Å². The number of rotatable bonds is 2. The monoisotopic (exact) mass is 246 g/mol. The van der Waals surface area contributed by atoms with Gasteiger partial charge in [0.2, 0.25) is 0 Å². The molecule has 1 aliphatic heterocycles. The number of likely N-dealkylation sites (tertiary alicyclic amines) is 1. The van der Waals surface area contributed by atoms with Crippen LogP contribution in [0.4, 0.5) is 0 Å². The highest BCUT2D eigenvalue weighted by molar-refractivity contribution is 5.38. The highest BCUT2D eigenvalue weighted by atomic mass is 15.1. The zero-order chi connectivity index (χ0) is 13.3. The first-order valence-electron chi connectivity index (χ1n) is 6.94. The minimum Gasteiger partial charge on any atom is -0.324 e. The van der Waals surface area contributed by atoms with E-state index >= 15 is 0 Å². The summed E-state index contributed by atoms with van der Waals surface area (Å²) in [6.45, 7) is 8.79. The Labute approximate surface area is 111 Å². The van der Waals surface area contributed by atoms with E-state index in [2.05, 4.69) is 44.9 Å². The zero-order valence-electron chi connectivity index (χ0n) is 12.2. The molecule has 1 fully saturated rings. The first kappa shape index (κ1) is 13.6. The van der Waals surface area contributed by atoms with Gasteiger partial charge in [0.15, 0.2) is 0 Å². The molecule has 0 aromatic heterocycles. The Kier molecular flexibility index (Phi) is 3.79. The summed E-state index contributed by atoms with van der Waals surface area (Å²) in [6, 6.07) is 4.55. The van der Waals surface area contributed by atoms with Crippen LogP contribution in [-0.2, 0) is 6.42 Å². The molecule has 2 heteroatoms. The molecule has 0 aliphatic carbocycles. The lowest BCUT2D eigenvalue weighted by Crippen LogP contribution is -2.54. The van der Waals surface area contributed by atoms with Gasteiger partial charge in [-0.25, -0.2) is 0 Å². The van der Waals surface area contributed by atoms with Crippen LogP contribution >= 0.6 is 0 Å². The van der Waals surface area contributed by atoms with Gasteiger partial charge in [-0.2, -0.15) is 0 Å². The fraction of sp³-hybridized carbons (Fsp3) is 0.625. The van der Waals surface area contributed by atoms with Crippen LogP contribution < -0.4 is 5.73 Å². The third-order valence-corrected chi connectivity index (χ3v) is 4.17. The van der Waals surface area contributed by atoms with E-state index < -0.39 is 0 Å². The van der Waals surface area contributed by atoms with E-state index in [0.717, 1.165) is 19.4 Å². The largest absolute Gasteiger partial charge is 0.324 e. The first-order chi connectivity index (χ1) is 8.39. The normalized spacial score (nSPS) is 25.4. The van der Waals surface area contributed by atoms with Crippen LogP contribution in [0, 0.1) is 20.8 Å². The second kappa shape index (κ2) is 5.02. The summed E-state index contributed by atoms with van der Waals surface area (Å²) in [5, 5.41) is 0. The number of hydrogen-bond acceptors (Lipinski definition) is 2. The molecule has 1 atom stereocenters. The van der Waals surface area contributed by atoms with Crippen molar-refractivity contribution in [1.29, 1.82) is 0 Å². The minimum atomic E-state index is -0.0439. The van der Waals surface area contributed by atoms with Gasteiger partial charge in [-0.05, 0) is 70.3 Å². The average Bonchev–Trinajstić information content (AvgIpc) is 2.23. The molecular weight excluding hydrogens is 220 g/mol. The molecule has 0 radical (unpaired) electrons. The molecule has 1 heterocycles. The second-order valence-electron chi connectivity index (χ2n) is 6.26. The van der Waals surface area contributed by atoms with Crippen molar-refractivity contribution in [2.45, 2.75) is 45.6 Å². The Balaban J connectivity index is 2.23. The van der Waals surface area contributed by atoms with E-state index in [9.17, 15) is 0 Å². The lowest BCUT2D eigenvalue weighted by molar-refractivity contribution is 0.178. The molecule has 100 valence electrons. The van der Waals surface area contributed by atoms with Gasteiger partial charge >= 0.3 is 0 Å². The van der Waals surface area contributed by atoms with Crippen molar-refractivity contribution in [2.24, 2.45) is 5.73 Å². The van der Waals surface area contributed by atoms with Crippen LogP contribution in [0.1, 0.15) is 35.1 Å². The lowest BCUT2D eigenvalue weighted by Gasteiger charge is -2.39. The van der Waals surface area contributed by atoms with Gasteiger partial charge in [-0.1, -0.05) is 17.7 Å². The number of piperidine rings is 1. The van der Waals surface area contributed by atoms with Crippen LogP contribution in [0.5, 0.6) is 0 Å². The molecule has 0 amide bonds. The van der Waals surface area contributed by atoms with Gasteiger partial charge in [0.25, 0.3) is 0 Å². The number of nitrogens with zero attached hydrogens (tertiary/aromatic N) is 1. The molecule has 0 bridgehead atoms. The Bertz CT molecular complexity index is 416. The fourth-order valence-electron chi connectivity index (χ4n) is 3.38. The van der Waals surface area contributed by atoms with Crippen LogP contribution in [0.3, 0.4) is 0 Å². The standard InChI is InChI=1S/C16H26N2/c1-12-8-13(2)15(14(3)9-12)10-16(17)6-5-7-18(4)11-16/h8-9H,5-7,10-11,17H2,1-4H3. The first-order valence-corrected chi connectivity index (χ1v) is 6.94. The highest BCUT2D eigenvalue weighted by Gasteiger charge is 2.31. The predicted molar refractivity (Wildman–Crippen MR) is 78.0 cm³/mol. The topological polar surface area (TPSA) is 29.3 Å². The number of aryl methyl sites for hydroxylation is 3. The molecule has 18 heavy (non-hydrogen) atoms. The van der Waals surface area contributed by atoms with E-state index in [1.54, 1.807) is 0 Å². The van der Waals surface area contributed by atoms with E-state index in [1.807, 2.05) is 0 Å². The molecule has 1 saturated heterocycles. The van der Waals surface area contributed by atoms with Gasteiger partial charge < -0.3 is 10.6 Å². The summed E-state index contributed by atoms with van der Waals surface area (Å²) >= 11 is 0. The van der Waals surface area contributed by atoms with E-state index in [1.165, 1.54) is 35.2 Å². The lowest BCUT2D eigenvalue weighted by atomic mass is 9.81. The van der Waals surface area contributed by atoms with Gasteiger partial charge in [-0.15, -0.1) is 0 Å². The molecule has 0 saturated carbocycles. The molecule has 2 N–H and O–H groups in total. The second-order valence-corrected chi connectivity index (χ2v) is 6.26. The van der Waals surface area contributed by atoms with Gasteiger partial charge in [-0.3, -0.25) is 0 Å². The maximum absolute atomic E-state index is 6.62. The summed E-state index contributed by atoms with van der Waals surface area (Å²) < 4.78 is 0. The van der Waals surface area contributed by atoms with Gasteiger partial charge in [0, 0.05) is 12.1 Å². The van der Waals surface area contributed by atoms with Crippen molar-refractivity contribution >= 4 is 0 Å². The van der Waals surface area contributed by atoms with E-state index in [4.69, 9.17) is 5.73 Å². The van der Waals surface area contributed by atoms with Gasteiger partial charge in [0.1, 0.15) is 0 Å². The Morgan fingerprint density at radius 2 is 1.83 bits per heavy atom. The summed E-state index contributed by atoms with van der Waals surface area (Å²) in [7, 11) is 2.18. The third-order valence-electron chi connectivity index (χ3n) is 4.17. The van der Waals surface area contributed by atoms with Crippen molar-refractivity contribution < 1.29 is 0 Å². The zero-order valence-corrected chi connectivity index (χ0v) is 12.2. The third kappa shape index (κ3) is 2.93. The summed E-state index contributed by atoms with van der Waals surface area (Å²) in [5.74, 6) is 0. The van der Waals surface area contributed by atoms with Crippen LogP contribution in [0.15, 0.2) is 12.1 Å². The van der Waals surface area contributed by atoms with Crippen molar-refractivity contribution in [1.82, 2.24) is 4.90 Å². The molecule has 0 spiro atoms. The fourth-order valence-corrected chi connectivity index (χ4v) is 3.38. The molecule has 1 aromatic rings. The minimum absolute atomic E-state index is 0.0439. The molecule has 1 aliphatic rings. The van der Waals surface area contributed by atoms with Crippen molar-refractivity contribution in [3.05, 3.63) is 34.4 Å². The summed E-state index contributed by atoms with van der Waals surface area (Å²) in [6.07, 6.45) is 3.37. The number of nitrogens with two attached hydrogens (primary N) is 1. The van der Waals surface area contributed by atoms with Crippen LogP contribution in [0.25, 0.3) is 0 Å². The number of hydrogen-bond donors (Lipinski definition) is 1. The number of likely N-dealkylation sites (N-methyl/N-ethyl adjacent to an activating group) is 1.